The van der Waals surface area contributed by atoms with Crippen molar-refractivity contribution in [3.05, 3.63) is 57.3 Å². The highest BCUT2D eigenvalue weighted by Gasteiger charge is 2.27. The van der Waals surface area contributed by atoms with Gasteiger partial charge in [0.05, 0.1) is 16.8 Å². The van der Waals surface area contributed by atoms with Crippen LogP contribution in [0.15, 0.2) is 36.4 Å². The Hall–Kier alpha value is -2.14. The summed E-state index contributed by atoms with van der Waals surface area (Å²) in [7, 11) is 0. The fraction of sp³-hybridized carbons (Fsp3) is 0.333. The largest absolute Gasteiger partial charge is 0.481 e. The number of aliphatic carboxylic acids is 1. The predicted octanol–water partition coefficient (Wildman–Crippen LogP) is 3.81. The number of carbonyl (C=O) groups is 2. The van der Waals surface area contributed by atoms with E-state index in [4.69, 9.17) is 0 Å². The number of carboxylic acids is 1. The zero-order valence-corrected chi connectivity index (χ0v) is 14.3. The van der Waals surface area contributed by atoms with Crippen molar-refractivity contribution in [3.8, 4) is 0 Å². The second-order valence-electron chi connectivity index (χ2n) is 5.56. The Morgan fingerprint density at radius 3 is 2.43 bits per heavy atom. The number of carbonyl (C=O) groups excluding carboxylic acids is 1. The van der Waals surface area contributed by atoms with Crippen LogP contribution in [0.3, 0.4) is 0 Å². The minimum Gasteiger partial charge on any atom is -0.481 e. The van der Waals surface area contributed by atoms with E-state index in [0.717, 1.165) is 17.5 Å². The number of nitrogens with one attached hydrogen (secondary N) is 1. The molecule has 2 unspecified atom stereocenters. The highest BCUT2D eigenvalue weighted by Crippen LogP contribution is 2.26. The molecule has 1 heterocycles. The molecule has 2 N–H and O–H groups in total. The first-order valence-corrected chi connectivity index (χ1v) is 8.43. The average Bonchev–Trinajstić information content (AvgIpc) is 2.93. The quantitative estimate of drug-likeness (QED) is 0.846. The van der Waals surface area contributed by atoms with Gasteiger partial charge in [-0.2, -0.15) is 0 Å². The molecule has 2 aromatic rings. The van der Waals surface area contributed by atoms with Crippen LogP contribution < -0.4 is 5.32 Å². The summed E-state index contributed by atoms with van der Waals surface area (Å²) < 4.78 is 0. The van der Waals surface area contributed by atoms with Gasteiger partial charge < -0.3 is 10.4 Å². The Morgan fingerprint density at radius 2 is 1.91 bits per heavy atom. The summed E-state index contributed by atoms with van der Waals surface area (Å²) in [6.45, 7) is 5.65. The zero-order chi connectivity index (χ0) is 17.0. The molecule has 0 radical (unpaired) electrons. The second-order valence-corrected chi connectivity index (χ2v) is 6.70. The summed E-state index contributed by atoms with van der Waals surface area (Å²) in [5.41, 5.74) is 1.89. The number of thiophene rings is 1. The minimum atomic E-state index is -0.934. The Morgan fingerprint density at radius 1 is 1.26 bits per heavy atom. The van der Waals surface area contributed by atoms with Crippen LogP contribution in [0.25, 0.3) is 0 Å². The maximum Gasteiger partial charge on any atom is 0.308 e. The summed E-state index contributed by atoms with van der Waals surface area (Å²) in [5.74, 6) is -1.87. The minimum absolute atomic E-state index is 0.222. The highest BCUT2D eigenvalue weighted by atomic mass is 32.1. The van der Waals surface area contributed by atoms with Gasteiger partial charge in [0.15, 0.2) is 0 Å². The topological polar surface area (TPSA) is 66.4 Å². The van der Waals surface area contributed by atoms with E-state index in [0.29, 0.717) is 4.88 Å². The van der Waals surface area contributed by atoms with Crippen LogP contribution in [0.4, 0.5) is 0 Å². The van der Waals surface area contributed by atoms with Crippen molar-refractivity contribution in [3.63, 3.8) is 0 Å². The standard InChI is InChI=1S/C18H21NO3S/c1-4-14-11(2)10-15(23-14)17(20)19-16(12(3)18(21)22)13-8-6-5-7-9-13/h5-10,12,16H,4H2,1-3H3,(H,19,20)(H,21,22). The molecule has 1 amide bonds. The summed E-state index contributed by atoms with van der Waals surface area (Å²) in [4.78, 5) is 25.7. The molecule has 2 rings (SSSR count). The molecule has 5 heteroatoms. The number of benzene rings is 1. The molecule has 2 atom stereocenters. The Kier molecular flexibility index (Phi) is 5.55. The van der Waals surface area contributed by atoms with Crippen molar-refractivity contribution in [1.82, 2.24) is 5.32 Å². The Labute approximate surface area is 140 Å². The molecule has 122 valence electrons. The van der Waals surface area contributed by atoms with E-state index in [9.17, 15) is 14.7 Å². The van der Waals surface area contributed by atoms with Crippen molar-refractivity contribution in [2.75, 3.05) is 0 Å². The van der Waals surface area contributed by atoms with Gasteiger partial charge in [0.25, 0.3) is 5.91 Å². The van der Waals surface area contributed by atoms with E-state index >= 15 is 0 Å². The number of hydrogen-bond donors (Lipinski definition) is 2. The number of aryl methyl sites for hydroxylation is 2. The van der Waals surface area contributed by atoms with Gasteiger partial charge in [0, 0.05) is 4.88 Å². The second kappa shape index (κ2) is 7.42. The lowest BCUT2D eigenvalue weighted by atomic mass is 9.94. The van der Waals surface area contributed by atoms with Gasteiger partial charge in [-0.25, -0.2) is 0 Å². The SMILES string of the molecule is CCc1sc(C(=O)NC(c2ccccc2)C(C)C(=O)O)cc1C. The first-order valence-electron chi connectivity index (χ1n) is 7.62. The third-order valence-electron chi connectivity index (χ3n) is 3.90. The predicted molar refractivity (Wildman–Crippen MR) is 91.9 cm³/mol. The number of hydrogen-bond acceptors (Lipinski definition) is 3. The van der Waals surface area contributed by atoms with Gasteiger partial charge in [-0.05, 0) is 37.5 Å². The molecular formula is C18H21NO3S. The molecule has 0 saturated carbocycles. The molecule has 0 spiro atoms. The lowest BCUT2D eigenvalue weighted by Crippen LogP contribution is -2.35. The molecular weight excluding hydrogens is 310 g/mol. The first-order chi connectivity index (χ1) is 10.9. The highest BCUT2D eigenvalue weighted by molar-refractivity contribution is 7.14. The van der Waals surface area contributed by atoms with Crippen molar-refractivity contribution in [1.29, 1.82) is 0 Å². The van der Waals surface area contributed by atoms with Crippen LogP contribution in [0.5, 0.6) is 0 Å². The van der Waals surface area contributed by atoms with Gasteiger partial charge in [0.2, 0.25) is 0 Å². The normalized spacial score (nSPS) is 13.3. The number of amides is 1. The molecule has 1 aromatic heterocycles. The molecule has 0 aliphatic rings. The monoisotopic (exact) mass is 331 g/mol. The van der Waals surface area contributed by atoms with E-state index in [1.54, 1.807) is 6.92 Å². The molecule has 23 heavy (non-hydrogen) atoms. The maximum atomic E-state index is 12.5. The van der Waals surface area contributed by atoms with Gasteiger partial charge in [-0.3, -0.25) is 9.59 Å². The molecule has 1 aromatic carbocycles. The molecule has 4 nitrogen and oxygen atoms in total. The maximum absolute atomic E-state index is 12.5. The van der Waals surface area contributed by atoms with Crippen LogP contribution >= 0.6 is 11.3 Å². The van der Waals surface area contributed by atoms with Gasteiger partial charge >= 0.3 is 5.97 Å². The van der Waals surface area contributed by atoms with Crippen molar-refractivity contribution in [2.24, 2.45) is 5.92 Å². The summed E-state index contributed by atoms with van der Waals surface area (Å²) in [6.07, 6.45) is 0.886. The molecule has 0 aliphatic heterocycles. The smallest absolute Gasteiger partial charge is 0.308 e. The fourth-order valence-corrected chi connectivity index (χ4v) is 3.51. The van der Waals surface area contributed by atoms with Gasteiger partial charge in [-0.1, -0.05) is 37.3 Å². The number of carboxylic acid groups (broad SMARTS) is 1. The van der Waals surface area contributed by atoms with Crippen molar-refractivity contribution >= 4 is 23.2 Å². The third kappa shape index (κ3) is 3.99. The first kappa shape index (κ1) is 17.2. The van der Waals surface area contributed by atoms with E-state index < -0.39 is 17.9 Å². The van der Waals surface area contributed by atoms with Crippen LogP contribution in [0, 0.1) is 12.8 Å². The van der Waals surface area contributed by atoms with Crippen LogP contribution in [0.1, 0.15) is 45.6 Å². The lowest BCUT2D eigenvalue weighted by molar-refractivity contribution is -0.142. The summed E-state index contributed by atoms with van der Waals surface area (Å²) in [5, 5.41) is 12.2. The zero-order valence-electron chi connectivity index (χ0n) is 13.5. The molecule has 0 saturated heterocycles. The third-order valence-corrected chi connectivity index (χ3v) is 5.28. The molecule has 0 bridgehead atoms. The Balaban J connectivity index is 2.26. The van der Waals surface area contributed by atoms with E-state index in [1.165, 1.54) is 16.2 Å². The van der Waals surface area contributed by atoms with Gasteiger partial charge in [0.1, 0.15) is 0 Å². The van der Waals surface area contributed by atoms with Gasteiger partial charge in [-0.15, -0.1) is 11.3 Å². The van der Waals surface area contributed by atoms with E-state index in [2.05, 4.69) is 12.2 Å². The summed E-state index contributed by atoms with van der Waals surface area (Å²) >= 11 is 1.47. The molecule has 0 aliphatic carbocycles. The van der Waals surface area contributed by atoms with Crippen LogP contribution in [0.2, 0.25) is 0 Å². The lowest BCUT2D eigenvalue weighted by Gasteiger charge is -2.22. The van der Waals surface area contributed by atoms with E-state index in [-0.39, 0.29) is 5.91 Å². The summed E-state index contributed by atoms with van der Waals surface area (Å²) in [6, 6.07) is 10.5. The van der Waals surface area contributed by atoms with Crippen molar-refractivity contribution < 1.29 is 14.7 Å². The van der Waals surface area contributed by atoms with Crippen LogP contribution in [-0.2, 0) is 11.2 Å². The van der Waals surface area contributed by atoms with E-state index in [1.807, 2.05) is 43.3 Å². The van der Waals surface area contributed by atoms with Crippen LogP contribution in [-0.4, -0.2) is 17.0 Å². The molecule has 0 fully saturated rings. The average molecular weight is 331 g/mol. The Bertz CT molecular complexity index is 694. The number of rotatable bonds is 6. The van der Waals surface area contributed by atoms with Crippen molar-refractivity contribution in [2.45, 2.75) is 33.2 Å². The fourth-order valence-electron chi connectivity index (χ4n) is 2.50.